The smallest absolute Gasteiger partial charge is 0.335 e. The molecule has 1 rings (SSSR count). The van der Waals surface area contributed by atoms with E-state index >= 15 is 0 Å². The highest BCUT2D eigenvalue weighted by Gasteiger charge is 2.17. The number of hydrogen-bond donors (Lipinski definition) is 2. The number of benzene rings is 1. The van der Waals surface area contributed by atoms with Gasteiger partial charge in [-0.3, -0.25) is 10.1 Å². The highest BCUT2D eigenvalue weighted by Crippen LogP contribution is 2.29. The van der Waals surface area contributed by atoms with Crippen molar-refractivity contribution in [3.8, 4) is 0 Å². The Hall–Kier alpha value is -1.60. The Bertz CT molecular complexity index is 420. The lowest BCUT2D eigenvalue weighted by Crippen LogP contribution is -1.99. The molecule has 1 aromatic rings. The molecule has 0 aliphatic rings. The molecule has 0 saturated carbocycles. The number of hydrogen-bond acceptors (Lipinski definition) is 5. The van der Waals surface area contributed by atoms with E-state index in [1.165, 1.54) is 12.1 Å². The minimum atomic E-state index is -1.21. The number of nitrogens with zero attached hydrogens (tertiary/aromatic N) is 1. The van der Waals surface area contributed by atoms with Crippen LogP contribution in [0.25, 0.3) is 0 Å². The average Bonchev–Trinajstić information content (AvgIpc) is 2.25. The van der Waals surface area contributed by atoms with Crippen molar-refractivity contribution in [1.82, 2.24) is 0 Å². The van der Waals surface area contributed by atoms with E-state index in [9.17, 15) is 14.9 Å². The lowest BCUT2D eigenvalue weighted by molar-refractivity contribution is -0.387. The van der Waals surface area contributed by atoms with E-state index < -0.39 is 10.9 Å². The highest BCUT2D eigenvalue weighted by molar-refractivity contribution is 7.99. The zero-order valence-electron chi connectivity index (χ0n) is 8.12. The Labute approximate surface area is 95.1 Å². The fourth-order valence-electron chi connectivity index (χ4n) is 1.07. The summed E-state index contributed by atoms with van der Waals surface area (Å²) in [6.45, 7) is -0.0947. The van der Waals surface area contributed by atoms with Gasteiger partial charge < -0.3 is 10.2 Å². The lowest BCUT2D eigenvalue weighted by atomic mass is 10.2. The summed E-state index contributed by atoms with van der Waals surface area (Å²) in [6.07, 6.45) is 0. The number of aliphatic hydroxyl groups is 1. The van der Waals surface area contributed by atoms with Crippen molar-refractivity contribution in [2.75, 3.05) is 12.4 Å². The second kappa shape index (κ2) is 5.47. The van der Waals surface area contributed by atoms with Gasteiger partial charge in [0.15, 0.2) is 0 Å². The van der Waals surface area contributed by atoms with Gasteiger partial charge in [-0.05, 0) is 12.1 Å². The van der Waals surface area contributed by atoms with Crippen LogP contribution in [-0.2, 0) is 0 Å². The third-order valence-electron chi connectivity index (χ3n) is 1.75. The SMILES string of the molecule is O=C(O)c1ccc(SCCO)c([N+](=O)[O-])c1. The number of nitro groups is 1. The third kappa shape index (κ3) is 2.94. The van der Waals surface area contributed by atoms with Crippen LogP contribution in [0.2, 0.25) is 0 Å². The van der Waals surface area contributed by atoms with E-state index in [2.05, 4.69) is 0 Å². The second-order valence-corrected chi connectivity index (χ2v) is 3.95. The summed E-state index contributed by atoms with van der Waals surface area (Å²) in [7, 11) is 0. The van der Waals surface area contributed by atoms with Crippen LogP contribution in [0.4, 0.5) is 5.69 Å². The first-order valence-electron chi connectivity index (χ1n) is 4.31. The average molecular weight is 243 g/mol. The van der Waals surface area contributed by atoms with E-state index in [0.29, 0.717) is 10.6 Å². The topological polar surface area (TPSA) is 101 Å². The summed E-state index contributed by atoms with van der Waals surface area (Å²) in [4.78, 5) is 21.0. The molecule has 16 heavy (non-hydrogen) atoms. The number of carbonyl (C=O) groups is 1. The monoisotopic (exact) mass is 243 g/mol. The van der Waals surface area contributed by atoms with E-state index in [4.69, 9.17) is 10.2 Å². The summed E-state index contributed by atoms with van der Waals surface area (Å²) in [5.74, 6) is -0.880. The molecule has 0 saturated heterocycles. The Morgan fingerprint density at radius 3 is 2.69 bits per heavy atom. The predicted molar refractivity (Wildman–Crippen MR) is 57.9 cm³/mol. The number of thioether (sulfide) groups is 1. The summed E-state index contributed by atoms with van der Waals surface area (Å²) in [5.41, 5.74) is -0.376. The van der Waals surface area contributed by atoms with Crippen LogP contribution in [0.15, 0.2) is 23.1 Å². The van der Waals surface area contributed by atoms with Crippen LogP contribution in [0.3, 0.4) is 0 Å². The first-order chi connectivity index (χ1) is 7.56. The van der Waals surface area contributed by atoms with Gasteiger partial charge in [-0.15, -0.1) is 11.8 Å². The van der Waals surface area contributed by atoms with Crippen LogP contribution >= 0.6 is 11.8 Å². The van der Waals surface area contributed by atoms with Crippen LogP contribution in [-0.4, -0.2) is 33.5 Å². The van der Waals surface area contributed by atoms with Gasteiger partial charge in [0.25, 0.3) is 5.69 Å². The number of nitro benzene ring substituents is 1. The number of carboxylic acid groups (broad SMARTS) is 1. The molecule has 2 N–H and O–H groups in total. The summed E-state index contributed by atoms with van der Waals surface area (Å²) in [5, 5.41) is 28.0. The predicted octanol–water partition coefficient (Wildman–Crippen LogP) is 1.38. The minimum absolute atomic E-state index is 0.0947. The lowest BCUT2D eigenvalue weighted by Gasteiger charge is -2.02. The van der Waals surface area contributed by atoms with Crippen LogP contribution < -0.4 is 0 Å². The maximum absolute atomic E-state index is 10.7. The first-order valence-corrected chi connectivity index (χ1v) is 5.30. The van der Waals surface area contributed by atoms with Gasteiger partial charge in [0.2, 0.25) is 0 Å². The van der Waals surface area contributed by atoms with Crippen LogP contribution in [0.1, 0.15) is 10.4 Å². The molecule has 86 valence electrons. The molecule has 0 radical (unpaired) electrons. The highest BCUT2D eigenvalue weighted by atomic mass is 32.2. The van der Waals surface area contributed by atoms with Gasteiger partial charge in [-0.2, -0.15) is 0 Å². The summed E-state index contributed by atoms with van der Waals surface area (Å²) < 4.78 is 0. The summed E-state index contributed by atoms with van der Waals surface area (Å²) >= 11 is 1.11. The van der Waals surface area contributed by atoms with Crippen molar-refractivity contribution >= 4 is 23.4 Å². The Morgan fingerprint density at radius 1 is 1.50 bits per heavy atom. The molecule has 0 amide bonds. The molecule has 0 spiro atoms. The molecule has 0 bridgehead atoms. The number of rotatable bonds is 5. The van der Waals surface area contributed by atoms with Gasteiger partial charge in [0.05, 0.1) is 22.0 Å². The number of aromatic carboxylic acids is 1. The zero-order chi connectivity index (χ0) is 12.1. The van der Waals surface area contributed by atoms with Gasteiger partial charge in [0.1, 0.15) is 0 Å². The largest absolute Gasteiger partial charge is 0.478 e. The van der Waals surface area contributed by atoms with Crippen molar-refractivity contribution in [3.63, 3.8) is 0 Å². The molecule has 1 aromatic carbocycles. The molecule has 0 heterocycles. The fourth-order valence-corrected chi connectivity index (χ4v) is 1.83. The van der Waals surface area contributed by atoms with Crippen molar-refractivity contribution in [3.05, 3.63) is 33.9 Å². The van der Waals surface area contributed by atoms with E-state index in [1.54, 1.807) is 0 Å². The molecule has 0 unspecified atom stereocenters. The van der Waals surface area contributed by atoms with Crippen molar-refractivity contribution in [1.29, 1.82) is 0 Å². The molecule has 0 fully saturated rings. The number of carboxylic acids is 1. The number of aliphatic hydroxyl groups excluding tert-OH is 1. The van der Waals surface area contributed by atoms with Crippen molar-refractivity contribution in [2.45, 2.75) is 4.90 Å². The van der Waals surface area contributed by atoms with Crippen molar-refractivity contribution < 1.29 is 19.9 Å². The third-order valence-corrected chi connectivity index (χ3v) is 2.79. The van der Waals surface area contributed by atoms with Gasteiger partial charge in [-0.25, -0.2) is 4.79 Å². The van der Waals surface area contributed by atoms with Crippen LogP contribution in [0.5, 0.6) is 0 Å². The van der Waals surface area contributed by atoms with E-state index in [-0.39, 0.29) is 17.9 Å². The maximum atomic E-state index is 10.7. The summed E-state index contributed by atoms with van der Waals surface area (Å²) in [6, 6.07) is 3.69. The van der Waals surface area contributed by atoms with Gasteiger partial charge >= 0.3 is 5.97 Å². The molecule has 0 atom stereocenters. The fraction of sp³-hybridized carbons (Fsp3) is 0.222. The Balaban J connectivity index is 3.09. The Kier molecular flexibility index (Phi) is 4.27. The molecule has 0 aromatic heterocycles. The molecular formula is C9H9NO5S. The normalized spacial score (nSPS) is 10.1. The maximum Gasteiger partial charge on any atom is 0.335 e. The zero-order valence-corrected chi connectivity index (χ0v) is 8.94. The molecule has 6 nitrogen and oxygen atoms in total. The Morgan fingerprint density at radius 2 is 2.19 bits per heavy atom. The quantitative estimate of drug-likeness (QED) is 0.460. The molecule has 0 aliphatic heterocycles. The van der Waals surface area contributed by atoms with E-state index in [1.807, 2.05) is 0 Å². The second-order valence-electron chi connectivity index (χ2n) is 2.82. The first kappa shape index (κ1) is 12.5. The molecule has 7 heteroatoms. The minimum Gasteiger partial charge on any atom is -0.478 e. The van der Waals surface area contributed by atoms with E-state index in [0.717, 1.165) is 17.8 Å². The molecule has 0 aliphatic carbocycles. The van der Waals surface area contributed by atoms with Crippen molar-refractivity contribution in [2.24, 2.45) is 0 Å². The van der Waals surface area contributed by atoms with Crippen LogP contribution in [0, 0.1) is 10.1 Å². The standard InChI is InChI=1S/C9H9NO5S/c11-3-4-16-8-2-1-6(9(12)13)5-7(8)10(14)15/h1-2,5,11H,3-4H2,(H,12,13). The van der Waals surface area contributed by atoms with Gasteiger partial charge in [0, 0.05) is 11.8 Å². The molecular weight excluding hydrogens is 234 g/mol. The van der Waals surface area contributed by atoms with Gasteiger partial charge in [-0.1, -0.05) is 0 Å².